The molecular formula is C28H36F3NO7. The van der Waals surface area contributed by atoms with Gasteiger partial charge in [-0.2, -0.15) is 13.2 Å². The van der Waals surface area contributed by atoms with E-state index in [1.807, 2.05) is 18.2 Å². The summed E-state index contributed by atoms with van der Waals surface area (Å²) in [6.45, 7) is 3.79. The van der Waals surface area contributed by atoms with Gasteiger partial charge in [0, 0.05) is 12.3 Å². The highest BCUT2D eigenvalue weighted by Gasteiger charge is 2.51. The summed E-state index contributed by atoms with van der Waals surface area (Å²) in [6.07, 6.45) is 1.70. The van der Waals surface area contributed by atoms with Crippen molar-refractivity contribution in [2.45, 2.75) is 63.0 Å². The van der Waals surface area contributed by atoms with Gasteiger partial charge < -0.3 is 33.4 Å². The molecule has 11 heteroatoms. The maximum absolute atomic E-state index is 13.3. The summed E-state index contributed by atoms with van der Waals surface area (Å²) in [5, 5.41) is 20.3. The van der Waals surface area contributed by atoms with Gasteiger partial charge >= 0.3 is 12.1 Å². The molecule has 0 spiro atoms. The van der Waals surface area contributed by atoms with Gasteiger partial charge in [0.1, 0.15) is 24.8 Å². The highest BCUT2D eigenvalue weighted by molar-refractivity contribution is 5.81. The second-order valence-corrected chi connectivity index (χ2v) is 10.5. The van der Waals surface area contributed by atoms with E-state index in [9.17, 15) is 23.1 Å². The molecule has 216 valence electrons. The minimum Gasteiger partial charge on any atom is -0.542 e. The molecule has 0 radical (unpaired) electrons. The van der Waals surface area contributed by atoms with E-state index in [1.165, 1.54) is 11.8 Å². The van der Waals surface area contributed by atoms with E-state index in [1.54, 1.807) is 12.1 Å². The standard InChI is InChI=1S/C26H36NO5.C2HF3O2/c1-27(16-18-30-20-21-9-4-2-5-10-21)15-14-23(19-27)32-25(28)26(29,24-13-8-17-31-24)22-11-6-3-7-12-22;3-2(4,5)1(6)7/h2,4-5,8-10,13,17,22-23,29H,3,6-7,11-12,14-16,18-20H2,1H3;(H,6,7)/q+1;/p-1. The van der Waals surface area contributed by atoms with Gasteiger partial charge in [-0.15, -0.1) is 0 Å². The van der Waals surface area contributed by atoms with Crippen LogP contribution in [0.1, 0.15) is 49.8 Å². The topological polar surface area (TPSA) is 109 Å². The number of carboxylic acids is 1. The molecule has 1 aliphatic heterocycles. The number of carbonyl (C=O) groups excluding carboxylic acids is 2. The number of hydrogen-bond acceptors (Lipinski definition) is 7. The number of furan rings is 1. The van der Waals surface area contributed by atoms with Gasteiger partial charge in [0.15, 0.2) is 6.10 Å². The summed E-state index contributed by atoms with van der Waals surface area (Å²) >= 11 is 0. The third-order valence-corrected chi connectivity index (χ3v) is 7.43. The molecule has 0 bridgehead atoms. The fraction of sp³-hybridized carbons (Fsp3) is 0.571. The molecule has 4 rings (SSSR count). The van der Waals surface area contributed by atoms with Crippen LogP contribution in [0.3, 0.4) is 0 Å². The predicted octanol–water partition coefficient (Wildman–Crippen LogP) is 3.33. The molecule has 1 saturated heterocycles. The number of aliphatic carboxylic acids is 1. The summed E-state index contributed by atoms with van der Waals surface area (Å²) < 4.78 is 49.6. The monoisotopic (exact) mass is 555 g/mol. The summed E-state index contributed by atoms with van der Waals surface area (Å²) in [7, 11) is 2.18. The number of carbonyl (C=O) groups is 2. The first-order chi connectivity index (χ1) is 18.4. The molecule has 1 aliphatic carbocycles. The lowest BCUT2D eigenvalue weighted by Gasteiger charge is -2.35. The summed E-state index contributed by atoms with van der Waals surface area (Å²) in [5.74, 6) is -3.42. The van der Waals surface area contributed by atoms with Crippen LogP contribution in [0.15, 0.2) is 53.1 Å². The molecule has 1 aromatic heterocycles. The van der Waals surface area contributed by atoms with Crippen LogP contribution in [0.2, 0.25) is 0 Å². The molecule has 2 fully saturated rings. The first-order valence-electron chi connectivity index (χ1n) is 13.1. The van der Waals surface area contributed by atoms with Gasteiger partial charge in [0.05, 0.1) is 33.1 Å². The predicted molar refractivity (Wildman–Crippen MR) is 132 cm³/mol. The van der Waals surface area contributed by atoms with E-state index in [0.29, 0.717) is 19.0 Å². The zero-order valence-electron chi connectivity index (χ0n) is 22.0. The van der Waals surface area contributed by atoms with Crippen molar-refractivity contribution < 1.29 is 51.3 Å². The largest absolute Gasteiger partial charge is 0.542 e. The van der Waals surface area contributed by atoms with Crippen LogP contribution in [0.4, 0.5) is 13.2 Å². The average Bonchev–Trinajstić information content (AvgIpc) is 3.58. The number of likely N-dealkylation sites (N-methyl/N-ethyl adjacent to an activating group) is 1. The molecule has 2 aromatic rings. The lowest BCUT2D eigenvalue weighted by atomic mass is 9.75. The zero-order valence-corrected chi connectivity index (χ0v) is 22.0. The number of benzene rings is 1. The Morgan fingerprint density at radius 1 is 1.08 bits per heavy atom. The molecular weight excluding hydrogens is 519 g/mol. The van der Waals surface area contributed by atoms with Gasteiger partial charge in [0.2, 0.25) is 5.60 Å². The number of ether oxygens (including phenoxy) is 2. The number of nitrogens with zero attached hydrogens (tertiary/aromatic N) is 1. The smallest absolute Gasteiger partial charge is 0.430 e. The van der Waals surface area contributed by atoms with Gasteiger partial charge in [-0.25, -0.2) is 4.79 Å². The Labute approximate surface area is 225 Å². The highest BCUT2D eigenvalue weighted by atomic mass is 19.4. The van der Waals surface area contributed by atoms with Crippen molar-refractivity contribution in [3.05, 3.63) is 60.1 Å². The number of aliphatic hydroxyl groups is 1. The fourth-order valence-corrected chi connectivity index (χ4v) is 5.20. The Morgan fingerprint density at radius 2 is 1.74 bits per heavy atom. The number of esters is 1. The van der Waals surface area contributed by atoms with Crippen LogP contribution < -0.4 is 5.11 Å². The quantitative estimate of drug-likeness (QED) is 0.287. The molecule has 2 heterocycles. The maximum atomic E-state index is 13.3. The van der Waals surface area contributed by atoms with Crippen LogP contribution in [0, 0.1) is 5.92 Å². The maximum Gasteiger partial charge on any atom is 0.430 e. The second kappa shape index (κ2) is 13.5. The zero-order chi connectivity index (χ0) is 28.5. The second-order valence-electron chi connectivity index (χ2n) is 10.5. The third-order valence-electron chi connectivity index (χ3n) is 7.43. The van der Waals surface area contributed by atoms with Crippen molar-refractivity contribution in [1.29, 1.82) is 0 Å². The van der Waals surface area contributed by atoms with Gasteiger partial charge in [-0.05, 0) is 30.5 Å². The highest BCUT2D eigenvalue weighted by Crippen LogP contribution is 2.41. The summed E-state index contributed by atoms with van der Waals surface area (Å²) in [4.78, 5) is 22.1. The first kappa shape index (κ1) is 30.6. The first-order valence-corrected chi connectivity index (χ1v) is 13.1. The Kier molecular flexibility index (Phi) is 10.6. The van der Waals surface area contributed by atoms with Crippen LogP contribution in [0.25, 0.3) is 0 Å². The van der Waals surface area contributed by atoms with Crippen LogP contribution in [-0.4, -0.2) is 67.1 Å². The van der Waals surface area contributed by atoms with Crippen LogP contribution >= 0.6 is 0 Å². The summed E-state index contributed by atoms with van der Waals surface area (Å²) in [6, 6.07) is 13.6. The number of carboxylic acid groups (broad SMARTS) is 1. The normalized spacial score (nSPS) is 23.4. The van der Waals surface area contributed by atoms with E-state index in [0.717, 1.165) is 62.6 Å². The molecule has 1 saturated carbocycles. The van der Waals surface area contributed by atoms with E-state index >= 15 is 0 Å². The van der Waals surface area contributed by atoms with Crippen molar-refractivity contribution >= 4 is 11.9 Å². The van der Waals surface area contributed by atoms with E-state index in [-0.39, 0.29) is 12.0 Å². The third kappa shape index (κ3) is 8.55. The SMILES string of the molecule is C[N+]1(CCOCc2ccccc2)CCC(OC(=O)C(O)(c2ccco2)C2CCCCC2)C1.O=C([O-])C(F)(F)F. The Hall–Kier alpha value is -2.89. The van der Waals surface area contributed by atoms with Crippen molar-refractivity contribution in [3.8, 4) is 0 Å². The number of quaternary nitrogens is 1. The van der Waals surface area contributed by atoms with Gasteiger partial charge in [-0.3, -0.25) is 0 Å². The minimum atomic E-state index is -5.19. The molecule has 1 aromatic carbocycles. The lowest BCUT2D eigenvalue weighted by molar-refractivity contribution is -0.899. The lowest BCUT2D eigenvalue weighted by Crippen LogP contribution is -2.48. The number of halogens is 3. The molecule has 3 unspecified atom stereocenters. The molecule has 0 amide bonds. The molecule has 39 heavy (non-hydrogen) atoms. The number of rotatable bonds is 9. The Balaban J connectivity index is 0.000000532. The van der Waals surface area contributed by atoms with Crippen molar-refractivity contribution in [1.82, 2.24) is 0 Å². The van der Waals surface area contributed by atoms with Crippen molar-refractivity contribution in [2.24, 2.45) is 5.92 Å². The Bertz CT molecular complexity index is 1040. The fourth-order valence-electron chi connectivity index (χ4n) is 5.20. The van der Waals surface area contributed by atoms with Gasteiger partial charge in [-0.1, -0.05) is 49.6 Å². The van der Waals surface area contributed by atoms with E-state index in [2.05, 4.69) is 19.2 Å². The van der Waals surface area contributed by atoms with E-state index in [4.69, 9.17) is 23.8 Å². The average molecular weight is 556 g/mol. The summed E-state index contributed by atoms with van der Waals surface area (Å²) in [5.41, 5.74) is -0.530. The molecule has 1 N–H and O–H groups in total. The Morgan fingerprint density at radius 3 is 2.33 bits per heavy atom. The molecule has 3 atom stereocenters. The molecule has 2 aliphatic rings. The van der Waals surface area contributed by atoms with Gasteiger partial charge in [0.25, 0.3) is 0 Å². The van der Waals surface area contributed by atoms with Crippen molar-refractivity contribution in [2.75, 3.05) is 33.3 Å². The number of hydrogen-bond donors (Lipinski definition) is 1. The molecule has 8 nitrogen and oxygen atoms in total. The van der Waals surface area contributed by atoms with Crippen molar-refractivity contribution in [3.63, 3.8) is 0 Å². The minimum absolute atomic E-state index is 0.163. The number of alkyl halides is 3. The van der Waals surface area contributed by atoms with Crippen LogP contribution in [-0.2, 0) is 31.3 Å². The number of likely N-dealkylation sites (tertiary alicyclic amines) is 1. The van der Waals surface area contributed by atoms with E-state index < -0.39 is 23.7 Å². The van der Waals surface area contributed by atoms with Crippen LogP contribution in [0.5, 0.6) is 0 Å².